The Kier molecular flexibility index (Phi) is 5.99. The molecule has 2 N–H and O–H groups in total. The summed E-state index contributed by atoms with van der Waals surface area (Å²) in [4.78, 5) is 18.4. The monoisotopic (exact) mass is 192 g/mol. The van der Waals surface area contributed by atoms with Crippen molar-refractivity contribution in [2.45, 2.75) is 26.7 Å². The minimum absolute atomic E-state index is 0.775. The third kappa shape index (κ3) is 6.35. The van der Waals surface area contributed by atoms with Crippen molar-refractivity contribution in [3.05, 3.63) is 24.2 Å². The SMILES string of the molecule is CCC=CO[PH](O)(O)C=CCC. The van der Waals surface area contributed by atoms with E-state index in [0.717, 1.165) is 12.8 Å². The molecule has 0 fully saturated rings. The van der Waals surface area contributed by atoms with E-state index in [9.17, 15) is 9.79 Å². The van der Waals surface area contributed by atoms with Crippen LogP contribution in [0.2, 0.25) is 0 Å². The van der Waals surface area contributed by atoms with Gasteiger partial charge in [-0.2, -0.15) is 0 Å². The van der Waals surface area contributed by atoms with Gasteiger partial charge in [-0.15, -0.1) is 0 Å². The predicted molar refractivity (Wildman–Crippen MR) is 52.7 cm³/mol. The van der Waals surface area contributed by atoms with Crippen molar-refractivity contribution in [2.24, 2.45) is 0 Å². The molecule has 0 aromatic rings. The number of allylic oxidation sites excluding steroid dienone is 2. The van der Waals surface area contributed by atoms with Crippen molar-refractivity contribution in [1.82, 2.24) is 0 Å². The van der Waals surface area contributed by atoms with Crippen LogP contribution in [0.4, 0.5) is 0 Å². The molecule has 3 nitrogen and oxygen atoms in total. The Balaban J connectivity index is 3.86. The molecule has 0 aliphatic rings. The van der Waals surface area contributed by atoms with E-state index < -0.39 is 7.94 Å². The van der Waals surface area contributed by atoms with Crippen molar-refractivity contribution in [3.63, 3.8) is 0 Å². The van der Waals surface area contributed by atoms with Gasteiger partial charge in [0.25, 0.3) is 0 Å². The van der Waals surface area contributed by atoms with Crippen LogP contribution in [0.5, 0.6) is 0 Å². The van der Waals surface area contributed by atoms with Crippen LogP contribution in [0.15, 0.2) is 24.2 Å². The molecule has 0 atom stereocenters. The van der Waals surface area contributed by atoms with E-state index in [0.29, 0.717) is 0 Å². The van der Waals surface area contributed by atoms with Gasteiger partial charge in [0.15, 0.2) is 0 Å². The molecule has 0 unspecified atom stereocenters. The Hall–Kier alpha value is -0.370. The number of hydrogen-bond donors (Lipinski definition) is 2. The molecule has 0 heterocycles. The summed E-state index contributed by atoms with van der Waals surface area (Å²) in [5.74, 6) is 1.34. The van der Waals surface area contributed by atoms with E-state index in [1.165, 1.54) is 12.1 Å². The first-order chi connectivity index (χ1) is 5.62. The van der Waals surface area contributed by atoms with Crippen LogP contribution >= 0.6 is 7.94 Å². The predicted octanol–water partition coefficient (Wildman–Crippen LogP) is 2.33. The van der Waals surface area contributed by atoms with E-state index in [-0.39, 0.29) is 0 Å². The third-order valence-electron chi connectivity index (χ3n) is 1.14. The molecule has 12 heavy (non-hydrogen) atoms. The van der Waals surface area contributed by atoms with Crippen LogP contribution in [0, 0.1) is 0 Å². The Morgan fingerprint density at radius 3 is 2.25 bits per heavy atom. The Bertz CT molecular complexity index is 164. The van der Waals surface area contributed by atoms with Gasteiger partial charge in [0.05, 0.1) is 0 Å². The fourth-order valence-corrected chi connectivity index (χ4v) is 1.47. The molecule has 0 aliphatic carbocycles. The van der Waals surface area contributed by atoms with E-state index >= 15 is 0 Å². The Morgan fingerprint density at radius 2 is 1.75 bits per heavy atom. The summed E-state index contributed by atoms with van der Waals surface area (Å²) in [5, 5.41) is 0. The average Bonchev–Trinajstić information content (AvgIpc) is 2.01. The first-order valence-corrected chi connectivity index (χ1v) is 5.95. The molecule has 0 spiro atoms. The molecular weight excluding hydrogens is 175 g/mol. The van der Waals surface area contributed by atoms with Gasteiger partial charge in [0.2, 0.25) is 0 Å². The second-order valence-corrected chi connectivity index (χ2v) is 4.25. The van der Waals surface area contributed by atoms with Crippen LogP contribution in [0.3, 0.4) is 0 Å². The number of hydrogen-bond acceptors (Lipinski definition) is 3. The molecule has 72 valence electrons. The van der Waals surface area contributed by atoms with Crippen LogP contribution in [-0.2, 0) is 4.52 Å². The van der Waals surface area contributed by atoms with Crippen molar-refractivity contribution >= 4 is 7.94 Å². The quantitative estimate of drug-likeness (QED) is 0.519. The average molecular weight is 192 g/mol. The summed E-state index contributed by atoms with van der Waals surface area (Å²) in [6.07, 6.45) is 6.35. The molecule has 0 aliphatic heterocycles. The summed E-state index contributed by atoms with van der Waals surface area (Å²) in [5.41, 5.74) is 0. The topological polar surface area (TPSA) is 49.7 Å². The Morgan fingerprint density at radius 1 is 1.17 bits per heavy atom. The molecule has 0 aromatic carbocycles. The zero-order valence-corrected chi connectivity index (χ0v) is 8.53. The fraction of sp³-hybridized carbons (Fsp3) is 0.500. The molecule has 0 aromatic heterocycles. The first-order valence-electron chi connectivity index (χ1n) is 4.07. The summed E-state index contributed by atoms with van der Waals surface area (Å²) >= 11 is 0. The van der Waals surface area contributed by atoms with Gasteiger partial charge in [0.1, 0.15) is 0 Å². The molecule has 4 heteroatoms. The summed E-state index contributed by atoms with van der Waals surface area (Å²) in [6, 6.07) is 0. The third-order valence-corrected chi connectivity index (χ3v) is 2.30. The molecule has 0 amide bonds. The van der Waals surface area contributed by atoms with E-state index in [4.69, 9.17) is 4.52 Å². The van der Waals surface area contributed by atoms with Crippen molar-refractivity contribution in [3.8, 4) is 0 Å². The molecule has 0 rings (SSSR count). The van der Waals surface area contributed by atoms with Crippen LogP contribution in [-0.4, -0.2) is 9.79 Å². The van der Waals surface area contributed by atoms with Gasteiger partial charge in [-0.05, 0) is 0 Å². The number of rotatable bonds is 5. The molecule has 0 saturated carbocycles. The Labute approximate surface area is 74.0 Å². The summed E-state index contributed by atoms with van der Waals surface area (Å²) < 4.78 is 4.75. The molecular formula is C8H17O3P. The molecule has 0 saturated heterocycles. The van der Waals surface area contributed by atoms with Gasteiger partial charge in [0, 0.05) is 0 Å². The molecule has 0 bridgehead atoms. The van der Waals surface area contributed by atoms with Crippen LogP contribution < -0.4 is 0 Å². The molecule has 0 radical (unpaired) electrons. The van der Waals surface area contributed by atoms with Gasteiger partial charge in [-0.3, -0.25) is 0 Å². The standard InChI is InChI=1S/C8H17O3P/c1-3-5-7-11-12(9,10)8-6-4-2/h5-10,12H,3-4H2,1-2H3. The van der Waals surface area contributed by atoms with E-state index in [1.807, 2.05) is 13.8 Å². The maximum atomic E-state index is 9.21. The van der Waals surface area contributed by atoms with Gasteiger partial charge in [-0.25, -0.2) is 0 Å². The normalized spacial score (nSPS) is 14.3. The van der Waals surface area contributed by atoms with Gasteiger partial charge in [-0.1, -0.05) is 0 Å². The second kappa shape index (κ2) is 6.18. The van der Waals surface area contributed by atoms with Crippen molar-refractivity contribution in [1.29, 1.82) is 0 Å². The zero-order chi connectivity index (χ0) is 9.45. The van der Waals surface area contributed by atoms with Gasteiger partial charge < -0.3 is 0 Å². The van der Waals surface area contributed by atoms with Crippen molar-refractivity contribution in [2.75, 3.05) is 0 Å². The van der Waals surface area contributed by atoms with Crippen LogP contribution in [0.25, 0.3) is 0 Å². The van der Waals surface area contributed by atoms with Crippen molar-refractivity contribution < 1.29 is 14.3 Å². The minimum atomic E-state index is -3.53. The summed E-state index contributed by atoms with van der Waals surface area (Å²) in [7, 11) is -3.53. The van der Waals surface area contributed by atoms with Gasteiger partial charge >= 0.3 is 73.2 Å². The van der Waals surface area contributed by atoms with E-state index in [2.05, 4.69) is 0 Å². The maximum absolute atomic E-state index is 9.21. The van der Waals surface area contributed by atoms with Crippen LogP contribution in [0.1, 0.15) is 26.7 Å². The second-order valence-electron chi connectivity index (χ2n) is 2.37. The fourth-order valence-electron chi connectivity index (χ4n) is 0.555. The first kappa shape index (κ1) is 11.6. The van der Waals surface area contributed by atoms with E-state index in [1.54, 1.807) is 12.2 Å². The zero-order valence-electron chi connectivity index (χ0n) is 7.53. The summed E-state index contributed by atoms with van der Waals surface area (Å²) in [6.45, 7) is 3.86.